The summed E-state index contributed by atoms with van der Waals surface area (Å²) in [4.78, 5) is 18.1. The summed E-state index contributed by atoms with van der Waals surface area (Å²) in [5.74, 6) is 0.801. The van der Waals surface area contributed by atoms with Gasteiger partial charge >= 0.3 is 0 Å². The lowest BCUT2D eigenvalue weighted by molar-refractivity contribution is -0.128. The van der Waals surface area contributed by atoms with E-state index in [1.54, 1.807) is 0 Å². The molecular formula is C18H26N4O. The van der Waals surface area contributed by atoms with Crippen molar-refractivity contribution in [2.24, 2.45) is 10.7 Å². The Labute approximate surface area is 138 Å². The maximum atomic E-state index is 11.7. The minimum absolute atomic E-state index is 0.262. The standard InChI is InChI=1S/C18H26N4O/c19-18(21-16-7-1-2-8-16)20-12-14-5-3-6-15(11-14)13-22-10-4-9-17(22)23/h3,5-6,11,16H,1-2,4,7-10,12-13H2,(H3,19,20,21). The Kier molecular flexibility index (Phi) is 5.16. The smallest absolute Gasteiger partial charge is 0.222 e. The van der Waals surface area contributed by atoms with E-state index in [0.29, 0.717) is 31.5 Å². The molecule has 0 bridgehead atoms. The lowest BCUT2D eigenvalue weighted by atomic mass is 10.1. The van der Waals surface area contributed by atoms with Crippen LogP contribution in [0.1, 0.15) is 49.7 Å². The second-order valence-corrected chi connectivity index (χ2v) is 6.57. The third-order valence-electron chi connectivity index (χ3n) is 4.68. The van der Waals surface area contributed by atoms with Crippen molar-refractivity contribution in [3.63, 3.8) is 0 Å². The van der Waals surface area contributed by atoms with E-state index < -0.39 is 0 Å². The quantitative estimate of drug-likeness (QED) is 0.646. The van der Waals surface area contributed by atoms with Crippen LogP contribution in [0.4, 0.5) is 0 Å². The maximum Gasteiger partial charge on any atom is 0.222 e. The number of benzene rings is 1. The fourth-order valence-corrected chi connectivity index (χ4v) is 3.42. The average Bonchev–Trinajstić information content (AvgIpc) is 3.18. The average molecular weight is 314 g/mol. The molecule has 1 heterocycles. The maximum absolute atomic E-state index is 11.7. The molecule has 0 unspecified atom stereocenters. The molecule has 1 aliphatic heterocycles. The van der Waals surface area contributed by atoms with Gasteiger partial charge in [-0.05, 0) is 30.4 Å². The van der Waals surface area contributed by atoms with Gasteiger partial charge in [-0.15, -0.1) is 0 Å². The Bertz CT molecular complexity index is 578. The fourth-order valence-electron chi connectivity index (χ4n) is 3.42. The van der Waals surface area contributed by atoms with Gasteiger partial charge in [0, 0.05) is 25.6 Å². The van der Waals surface area contributed by atoms with Crippen molar-refractivity contribution < 1.29 is 4.79 Å². The molecule has 0 aromatic heterocycles. The number of hydrogen-bond donors (Lipinski definition) is 2. The molecule has 124 valence electrons. The minimum atomic E-state index is 0.262. The number of amides is 1. The van der Waals surface area contributed by atoms with Crippen molar-refractivity contribution >= 4 is 11.9 Å². The van der Waals surface area contributed by atoms with Gasteiger partial charge in [-0.1, -0.05) is 37.1 Å². The zero-order valence-electron chi connectivity index (χ0n) is 13.6. The van der Waals surface area contributed by atoms with Crippen LogP contribution in [-0.4, -0.2) is 29.4 Å². The van der Waals surface area contributed by atoms with Crippen LogP contribution in [0.2, 0.25) is 0 Å². The van der Waals surface area contributed by atoms with Gasteiger partial charge in [-0.2, -0.15) is 0 Å². The molecule has 2 aliphatic rings. The van der Waals surface area contributed by atoms with Crippen LogP contribution in [0, 0.1) is 0 Å². The lowest BCUT2D eigenvalue weighted by Crippen LogP contribution is -2.38. The highest BCUT2D eigenvalue weighted by molar-refractivity contribution is 5.78. The number of aliphatic imine (C=N–C) groups is 1. The third kappa shape index (κ3) is 4.47. The highest BCUT2D eigenvalue weighted by atomic mass is 16.2. The largest absolute Gasteiger partial charge is 0.370 e. The first kappa shape index (κ1) is 15.8. The molecule has 1 saturated carbocycles. The van der Waals surface area contributed by atoms with Crippen molar-refractivity contribution in [1.82, 2.24) is 10.2 Å². The molecule has 0 atom stereocenters. The van der Waals surface area contributed by atoms with E-state index in [9.17, 15) is 4.79 Å². The Morgan fingerprint density at radius 3 is 2.78 bits per heavy atom. The first-order chi connectivity index (χ1) is 11.2. The van der Waals surface area contributed by atoms with Crippen LogP contribution in [0.3, 0.4) is 0 Å². The Balaban J connectivity index is 1.55. The molecule has 0 radical (unpaired) electrons. The first-order valence-corrected chi connectivity index (χ1v) is 8.63. The Morgan fingerprint density at radius 2 is 2.04 bits per heavy atom. The summed E-state index contributed by atoms with van der Waals surface area (Å²) in [7, 11) is 0. The molecule has 3 N–H and O–H groups in total. The van der Waals surface area contributed by atoms with Gasteiger partial charge in [-0.25, -0.2) is 4.99 Å². The van der Waals surface area contributed by atoms with E-state index in [0.717, 1.165) is 24.1 Å². The normalized spacial score (nSPS) is 19.6. The van der Waals surface area contributed by atoms with E-state index in [4.69, 9.17) is 5.73 Å². The summed E-state index contributed by atoms with van der Waals surface area (Å²) in [6, 6.07) is 8.77. The van der Waals surface area contributed by atoms with Crippen molar-refractivity contribution in [3.05, 3.63) is 35.4 Å². The van der Waals surface area contributed by atoms with Crippen LogP contribution in [0.5, 0.6) is 0 Å². The number of nitrogens with zero attached hydrogens (tertiary/aromatic N) is 2. The first-order valence-electron chi connectivity index (χ1n) is 8.63. The van der Waals surface area contributed by atoms with Gasteiger partial charge in [0.05, 0.1) is 6.54 Å². The number of likely N-dealkylation sites (tertiary alicyclic amines) is 1. The SMILES string of the molecule is NC(=NCc1cccc(CN2CCCC2=O)c1)NC1CCCC1. The van der Waals surface area contributed by atoms with Gasteiger partial charge < -0.3 is 16.0 Å². The molecule has 5 nitrogen and oxygen atoms in total. The predicted octanol–water partition coefficient (Wildman–Crippen LogP) is 2.16. The lowest BCUT2D eigenvalue weighted by Gasteiger charge is -2.16. The molecule has 1 amide bonds. The van der Waals surface area contributed by atoms with Crippen molar-refractivity contribution in [2.75, 3.05) is 6.54 Å². The number of rotatable bonds is 5. The Morgan fingerprint density at radius 1 is 1.26 bits per heavy atom. The molecular weight excluding hydrogens is 288 g/mol. The molecule has 5 heteroatoms. The van der Waals surface area contributed by atoms with Crippen LogP contribution >= 0.6 is 0 Å². The topological polar surface area (TPSA) is 70.7 Å². The molecule has 1 saturated heterocycles. The predicted molar refractivity (Wildman–Crippen MR) is 91.8 cm³/mol. The molecule has 0 spiro atoms. The van der Waals surface area contributed by atoms with Crippen LogP contribution < -0.4 is 11.1 Å². The van der Waals surface area contributed by atoms with Gasteiger partial charge in [-0.3, -0.25) is 4.79 Å². The fraction of sp³-hybridized carbons (Fsp3) is 0.556. The number of nitrogens with two attached hydrogens (primary N) is 1. The molecule has 1 aliphatic carbocycles. The summed E-state index contributed by atoms with van der Waals surface area (Å²) in [6.07, 6.45) is 6.61. The van der Waals surface area contributed by atoms with Crippen molar-refractivity contribution in [3.8, 4) is 0 Å². The highest BCUT2D eigenvalue weighted by Crippen LogP contribution is 2.17. The Hall–Kier alpha value is -2.04. The second-order valence-electron chi connectivity index (χ2n) is 6.57. The molecule has 3 rings (SSSR count). The van der Waals surface area contributed by atoms with Gasteiger partial charge in [0.1, 0.15) is 0 Å². The summed E-state index contributed by atoms with van der Waals surface area (Å²) >= 11 is 0. The van der Waals surface area contributed by atoms with Gasteiger partial charge in [0.2, 0.25) is 5.91 Å². The van der Waals surface area contributed by atoms with E-state index in [2.05, 4.69) is 28.5 Å². The third-order valence-corrected chi connectivity index (χ3v) is 4.68. The number of carbonyl (C=O) groups is 1. The van der Waals surface area contributed by atoms with Crippen LogP contribution in [0.15, 0.2) is 29.3 Å². The molecule has 2 fully saturated rings. The van der Waals surface area contributed by atoms with Crippen LogP contribution in [0.25, 0.3) is 0 Å². The van der Waals surface area contributed by atoms with E-state index in [-0.39, 0.29) is 5.91 Å². The summed E-state index contributed by atoms with van der Waals surface area (Å²) < 4.78 is 0. The molecule has 1 aromatic carbocycles. The zero-order chi connectivity index (χ0) is 16.1. The van der Waals surface area contributed by atoms with E-state index in [1.807, 2.05) is 11.0 Å². The summed E-state index contributed by atoms with van der Waals surface area (Å²) in [5, 5.41) is 3.30. The van der Waals surface area contributed by atoms with Crippen LogP contribution in [-0.2, 0) is 17.9 Å². The van der Waals surface area contributed by atoms with E-state index in [1.165, 1.54) is 25.7 Å². The number of nitrogens with one attached hydrogen (secondary N) is 1. The summed E-state index contributed by atoms with van der Waals surface area (Å²) in [5.41, 5.74) is 8.27. The zero-order valence-corrected chi connectivity index (χ0v) is 13.6. The van der Waals surface area contributed by atoms with Gasteiger partial charge in [0.15, 0.2) is 5.96 Å². The van der Waals surface area contributed by atoms with E-state index >= 15 is 0 Å². The number of hydrogen-bond acceptors (Lipinski definition) is 2. The second kappa shape index (κ2) is 7.49. The number of guanidine groups is 1. The summed E-state index contributed by atoms with van der Waals surface area (Å²) in [6.45, 7) is 2.15. The highest BCUT2D eigenvalue weighted by Gasteiger charge is 2.20. The van der Waals surface area contributed by atoms with Gasteiger partial charge in [0.25, 0.3) is 0 Å². The van der Waals surface area contributed by atoms with Crippen molar-refractivity contribution in [2.45, 2.75) is 57.7 Å². The van der Waals surface area contributed by atoms with Crippen molar-refractivity contribution in [1.29, 1.82) is 0 Å². The minimum Gasteiger partial charge on any atom is -0.370 e. The number of carbonyl (C=O) groups excluding carboxylic acids is 1. The molecule has 23 heavy (non-hydrogen) atoms. The molecule has 1 aromatic rings. The monoisotopic (exact) mass is 314 g/mol.